The van der Waals surface area contributed by atoms with Gasteiger partial charge in [0.2, 0.25) is 5.91 Å². The Labute approximate surface area is 158 Å². The van der Waals surface area contributed by atoms with E-state index in [2.05, 4.69) is 10.5 Å². The van der Waals surface area contributed by atoms with Crippen LogP contribution in [0.3, 0.4) is 0 Å². The van der Waals surface area contributed by atoms with Gasteiger partial charge in [0.05, 0.1) is 12.8 Å². The second kappa shape index (κ2) is 7.53. The number of aryl methyl sites for hydroxylation is 3. The molecule has 140 valence electrons. The number of carbonyl (C=O) groups excluding carboxylic acids is 1. The lowest BCUT2D eigenvalue weighted by Gasteiger charge is -2.09. The summed E-state index contributed by atoms with van der Waals surface area (Å²) in [7, 11) is 1.58. The summed E-state index contributed by atoms with van der Waals surface area (Å²) in [6, 6.07) is 9.54. The molecule has 1 aromatic carbocycles. The molecule has 2 heterocycles. The highest BCUT2D eigenvalue weighted by molar-refractivity contribution is 6.02. The maximum atomic E-state index is 12.4. The molecule has 3 aromatic rings. The lowest BCUT2D eigenvalue weighted by molar-refractivity contribution is -0.111. The van der Waals surface area contributed by atoms with Gasteiger partial charge >= 0.3 is 0 Å². The van der Waals surface area contributed by atoms with Gasteiger partial charge in [-0.15, -0.1) is 0 Å². The number of benzene rings is 1. The lowest BCUT2D eigenvalue weighted by atomic mass is 10.2. The van der Waals surface area contributed by atoms with Crippen LogP contribution in [-0.4, -0.2) is 22.7 Å². The monoisotopic (exact) mass is 365 g/mol. The molecule has 1 N–H and O–H groups in total. The Hall–Kier alpha value is -3.28. The van der Waals surface area contributed by atoms with Gasteiger partial charge in [-0.25, -0.2) is 0 Å². The summed E-state index contributed by atoms with van der Waals surface area (Å²) in [5.74, 6) is 1.89. The average Bonchev–Trinajstić information content (AvgIpc) is 3.16. The van der Waals surface area contributed by atoms with Crippen LogP contribution in [0.2, 0.25) is 0 Å². The number of amides is 1. The number of hydrogen-bond donors (Lipinski definition) is 1. The van der Waals surface area contributed by atoms with Crippen LogP contribution in [0.1, 0.15) is 28.3 Å². The van der Waals surface area contributed by atoms with E-state index in [-0.39, 0.29) is 5.91 Å². The van der Waals surface area contributed by atoms with Crippen LogP contribution < -0.4 is 10.1 Å². The highest BCUT2D eigenvalue weighted by atomic mass is 16.5. The highest BCUT2D eigenvalue weighted by Gasteiger charge is 2.12. The second-order valence-electron chi connectivity index (χ2n) is 6.48. The quantitative estimate of drug-likeness (QED) is 0.682. The summed E-state index contributed by atoms with van der Waals surface area (Å²) >= 11 is 0. The fraction of sp³-hybridized carbons (Fsp3) is 0.238. The van der Waals surface area contributed by atoms with Gasteiger partial charge in [-0.2, -0.15) is 0 Å². The molecule has 0 aliphatic carbocycles. The van der Waals surface area contributed by atoms with E-state index in [0.717, 1.165) is 34.1 Å². The zero-order valence-corrected chi connectivity index (χ0v) is 16.2. The van der Waals surface area contributed by atoms with Gasteiger partial charge in [-0.05, 0) is 63.1 Å². The third-order valence-corrected chi connectivity index (χ3v) is 4.34. The third-order valence-electron chi connectivity index (χ3n) is 4.34. The first-order chi connectivity index (χ1) is 12.9. The number of hydrogen-bond acceptors (Lipinski definition) is 4. The Morgan fingerprint density at radius 3 is 2.63 bits per heavy atom. The summed E-state index contributed by atoms with van der Waals surface area (Å²) < 4.78 is 12.5. The topological polar surface area (TPSA) is 69.3 Å². The van der Waals surface area contributed by atoms with E-state index in [0.29, 0.717) is 11.4 Å². The van der Waals surface area contributed by atoms with Crippen molar-refractivity contribution in [1.82, 2.24) is 9.72 Å². The standard InChI is InChI=1S/C21H23N3O3/c1-13-6-8-19(26-5)18(10-13)22-21(25)9-7-17-11-14(2)24(16(17)4)20-12-15(3)27-23-20/h6-12H,1-5H3,(H,22,25). The molecule has 6 heteroatoms. The molecule has 3 rings (SSSR count). The number of aromatic nitrogens is 2. The minimum atomic E-state index is -0.221. The molecule has 0 unspecified atom stereocenters. The molecule has 0 aliphatic heterocycles. The maximum absolute atomic E-state index is 12.4. The van der Waals surface area contributed by atoms with Crippen molar-refractivity contribution < 1.29 is 14.1 Å². The normalized spacial score (nSPS) is 11.1. The number of nitrogens with one attached hydrogen (secondary N) is 1. The Morgan fingerprint density at radius 1 is 1.19 bits per heavy atom. The molecule has 1 amide bonds. The Bertz CT molecular complexity index is 1010. The Balaban J connectivity index is 1.80. The number of anilines is 1. The smallest absolute Gasteiger partial charge is 0.248 e. The number of rotatable bonds is 5. The van der Waals surface area contributed by atoms with Crippen molar-refractivity contribution >= 4 is 17.7 Å². The van der Waals surface area contributed by atoms with Crippen molar-refractivity contribution in [1.29, 1.82) is 0 Å². The van der Waals surface area contributed by atoms with E-state index in [1.54, 1.807) is 13.2 Å². The molecule has 2 aromatic heterocycles. The average molecular weight is 365 g/mol. The molecule has 0 spiro atoms. The minimum absolute atomic E-state index is 0.221. The fourth-order valence-corrected chi connectivity index (χ4v) is 3.03. The zero-order valence-electron chi connectivity index (χ0n) is 16.2. The van der Waals surface area contributed by atoms with Crippen molar-refractivity contribution in [2.45, 2.75) is 27.7 Å². The van der Waals surface area contributed by atoms with Crippen LogP contribution in [0.15, 0.2) is 40.9 Å². The molecule has 0 saturated carbocycles. The molecular weight excluding hydrogens is 342 g/mol. The molecular formula is C21H23N3O3. The first-order valence-electron chi connectivity index (χ1n) is 8.65. The van der Waals surface area contributed by atoms with Crippen LogP contribution in [-0.2, 0) is 4.79 Å². The maximum Gasteiger partial charge on any atom is 0.248 e. The van der Waals surface area contributed by atoms with Crippen molar-refractivity contribution in [2.24, 2.45) is 0 Å². The summed E-state index contributed by atoms with van der Waals surface area (Å²) in [6.07, 6.45) is 3.31. The van der Waals surface area contributed by atoms with E-state index in [9.17, 15) is 4.79 Å². The number of nitrogens with zero attached hydrogens (tertiary/aromatic N) is 2. The first kappa shape index (κ1) is 18.5. The van der Waals surface area contributed by atoms with Gasteiger partial charge < -0.3 is 14.6 Å². The largest absolute Gasteiger partial charge is 0.495 e. The van der Waals surface area contributed by atoms with Gasteiger partial charge in [0.25, 0.3) is 0 Å². The molecule has 27 heavy (non-hydrogen) atoms. The zero-order chi connectivity index (χ0) is 19.6. The minimum Gasteiger partial charge on any atom is -0.495 e. The summed E-state index contributed by atoms with van der Waals surface area (Å²) in [4.78, 5) is 12.4. The van der Waals surface area contributed by atoms with E-state index >= 15 is 0 Å². The van der Waals surface area contributed by atoms with Gasteiger partial charge in [0.15, 0.2) is 5.82 Å². The SMILES string of the molecule is COc1ccc(C)cc1NC(=O)C=Cc1cc(C)n(-c2cc(C)on2)c1C. The number of carbonyl (C=O) groups is 1. The molecule has 6 nitrogen and oxygen atoms in total. The van der Waals surface area contributed by atoms with Crippen molar-refractivity contribution in [2.75, 3.05) is 12.4 Å². The number of ether oxygens (including phenoxy) is 1. The second-order valence-corrected chi connectivity index (χ2v) is 6.48. The van der Waals surface area contributed by atoms with Gasteiger partial charge in [-0.1, -0.05) is 11.2 Å². The van der Waals surface area contributed by atoms with Crippen molar-refractivity contribution in [3.05, 3.63) is 64.7 Å². The van der Waals surface area contributed by atoms with E-state index in [1.165, 1.54) is 6.08 Å². The van der Waals surface area contributed by atoms with E-state index in [4.69, 9.17) is 9.26 Å². The number of methoxy groups -OCH3 is 1. The molecule has 0 saturated heterocycles. The fourth-order valence-electron chi connectivity index (χ4n) is 3.03. The van der Waals surface area contributed by atoms with Crippen molar-refractivity contribution in [3.63, 3.8) is 0 Å². The third kappa shape index (κ3) is 3.95. The van der Waals surface area contributed by atoms with Crippen LogP contribution in [0.25, 0.3) is 11.9 Å². The lowest BCUT2D eigenvalue weighted by Crippen LogP contribution is -2.09. The van der Waals surface area contributed by atoms with E-state index < -0.39 is 0 Å². The van der Waals surface area contributed by atoms with Crippen LogP contribution in [0.4, 0.5) is 5.69 Å². The first-order valence-corrected chi connectivity index (χ1v) is 8.65. The van der Waals surface area contributed by atoms with Crippen molar-refractivity contribution in [3.8, 4) is 11.6 Å². The Kier molecular flexibility index (Phi) is 5.16. The molecule has 0 atom stereocenters. The summed E-state index contributed by atoms with van der Waals surface area (Å²) in [5, 5.41) is 6.93. The molecule has 0 bridgehead atoms. The summed E-state index contributed by atoms with van der Waals surface area (Å²) in [6.45, 7) is 7.80. The summed E-state index contributed by atoms with van der Waals surface area (Å²) in [5.41, 5.74) is 4.64. The van der Waals surface area contributed by atoms with Crippen LogP contribution >= 0.6 is 0 Å². The van der Waals surface area contributed by atoms with Crippen LogP contribution in [0, 0.1) is 27.7 Å². The molecule has 0 radical (unpaired) electrons. The van der Waals surface area contributed by atoms with E-state index in [1.807, 2.05) is 62.6 Å². The predicted octanol–water partition coefficient (Wildman–Crippen LogP) is 4.36. The molecule has 0 aliphatic rings. The molecule has 0 fully saturated rings. The van der Waals surface area contributed by atoms with Gasteiger partial charge in [0, 0.05) is 23.5 Å². The van der Waals surface area contributed by atoms with Gasteiger partial charge in [0.1, 0.15) is 11.5 Å². The Morgan fingerprint density at radius 2 is 1.96 bits per heavy atom. The predicted molar refractivity (Wildman–Crippen MR) is 105 cm³/mol. The van der Waals surface area contributed by atoms with Gasteiger partial charge in [-0.3, -0.25) is 9.36 Å². The van der Waals surface area contributed by atoms with Crippen LogP contribution in [0.5, 0.6) is 5.75 Å². The highest BCUT2D eigenvalue weighted by Crippen LogP contribution is 2.25.